The third-order valence-electron chi connectivity index (χ3n) is 6.63. The number of hydrogen-bond donors (Lipinski definition) is 1. The number of carbonyl (C=O) groups excluding carboxylic acids is 1. The molecule has 1 aromatic carbocycles. The van der Waals surface area contributed by atoms with E-state index in [1.807, 2.05) is 35.7 Å². The van der Waals surface area contributed by atoms with Crippen molar-refractivity contribution in [1.82, 2.24) is 14.7 Å². The van der Waals surface area contributed by atoms with Gasteiger partial charge in [-0.1, -0.05) is 48.1 Å². The molecular weight excluding hydrogens is 354 g/mol. The zero-order chi connectivity index (χ0) is 18.5. The summed E-state index contributed by atoms with van der Waals surface area (Å²) in [6.07, 6.45) is 7.45. The Morgan fingerprint density at radius 1 is 1.26 bits per heavy atom. The third-order valence-corrected chi connectivity index (χ3v) is 7.78. The molecule has 2 aliphatic carbocycles. The molecule has 1 N–H and O–H groups in total. The summed E-state index contributed by atoms with van der Waals surface area (Å²) in [7, 11) is 0. The maximum atomic E-state index is 12.9. The summed E-state index contributed by atoms with van der Waals surface area (Å²) >= 11 is 1.49. The van der Waals surface area contributed by atoms with E-state index in [1.54, 1.807) is 0 Å². The lowest BCUT2D eigenvalue weighted by atomic mass is 9.84. The summed E-state index contributed by atoms with van der Waals surface area (Å²) in [6.45, 7) is 4.20. The van der Waals surface area contributed by atoms with E-state index in [0.717, 1.165) is 38.6 Å². The maximum absolute atomic E-state index is 12.9. The first kappa shape index (κ1) is 17.0. The Hall–Kier alpha value is -2.14. The maximum Gasteiger partial charge on any atom is 0.263 e. The fraction of sp³-hybridized carbons (Fsp3) is 0.455. The molecule has 2 fully saturated rings. The highest BCUT2D eigenvalue weighted by Crippen LogP contribution is 2.49. The Kier molecular flexibility index (Phi) is 4.08. The highest BCUT2D eigenvalue weighted by Gasteiger charge is 2.42. The van der Waals surface area contributed by atoms with E-state index in [9.17, 15) is 4.79 Å². The van der Waals surface area contributed by atoms with Crippen molar-refractivity contribution in [3.63, 3.8) is 0 Å². The van der Waals surface area contributed by atoms with Gasteiger partial charge in [-0.25, -0.2) is 4.98 Å². The van der Waals surface area contributed by atoms with Gasteiger partial charge in [0, 0.05) is 23.5 Å². The first-order chi connectivity index (χ1) is 13.1. The molecule has 0 saturated heterocycles. The van der Waals surface area contributed by atoms with Gasteiger partial charge in [-0.2, -0.15) is 0 Å². The number of carbonyl (C=O) groups is 1. The minimum absolute atomic E-state index is 0.0551. The number of fused-ring (bicyclic) bond motifs is 3. The molecule has 5 rings (SSSR count). The fourth-order valence-corrected chi connectivity index (χ4v) is 6.21. The minimum Gasteiger partial charge on any atom is -0.349 e. The summed E-state index contributed by atoms with van der Waals surface area (Å²) in [6, 6.07) is 10.4. The van der Waals surface area contributed by atoms with Crippen LogP contribution in [0.25, 0.3) is 16.2 Å². The van der Waals surface area contributed by atoms with Crippen LogP contribution in [0.4, 0.5) is 0 Å². The van der Waals surface area contributed by atoms with Crippen LogP contribution in [0, 0.1) is 24.7 Å². The molecule has 2 aromatic heterocycles. The van der Waals surface area contributed by atoms with Crippen molar-refractivity contribution in [3.05, 3.63) is 47.1 Å². The van der Waals surface area contributed by atoms with Gasteiger partial charge < -0.3 is 5.32 Å². The molecule has 2 heterocycles. The van der Waals surface area contributed by atoms with Gasteiger partial charge in [0.15, 0.2) is 4.96 Å². The van der Waals surface area contributed by atoms with Crippen molar-refractivity contribution in [1.29, 1.82) is 0 Å². The van der Waals surface area contributed by atoms with Crippen LogP contribution in [-0.4, -0.2) is 21.3 Å². The van der Waals surface area contributed by atoms with Crippen molar-refractivity contribution < 1.29 is 4.79 Å². The van der Waals surface area contributed by atoms with Crippen LogP contribution in [0.5, 0.6) is 0 Å². The summed E-state index contributed by atoms with van der Waals surface area (Å²) < 4.78 is 2.05. The number of aromatic nitrogens is 2. The van der Waals surface area contributed by atoms with Crippen molar-refractivity contribution in [3.8, 4) is 11.3 Å². The monoisotopic (exact) mass is 379 g/mol. The van der Waals surface area contributed by atoms with Crippen molar-refractivity contribution in [2.45, 2.75) is 45.6 Å². The quantitative estimate of drug-likeness (QED) is 0.699. The van der Waals surface area contributed by atoms with E-state index in [2.05, 4.69) is 24.4 Å². The van der Waals surface area contributed by atoms with Crippen LogP contribution < -0.4 is 5.32 Å². The SMILES string of the molecule is Cc1c(C(=O)NC(C)C2CC3CCC2C3)sc2nc(-c3ccccc3)cn12. The molecule has 2 saturated carbocycles. The number of hydrogen-bond acceptors (Lipinski definition) is 3. The number of aryl methyl sites for hydroxylation is 1. The molecule has 4 atom stereocenters. The van der Waals surface area contributed by atoms with E-state index in [4.69, 9.17) is 4.98 Å². The summed E-state index contributed by atoms with van der Waals surface area (Å²) in [4.78, 5) is 19.3. The number of amides is 1. The molecule has 140 valence electrons. The van der Waals surface area contributed by atoms with Crippen LogP contribution in [-0.2, 0) is 0 Å². The van der Waals surface area contributed by atoms with Crippen molar-refractivity contribution in [2.24, 2.45) is 17.8 Å². The molecule has 4 unspecified atom stereocenters. The second kappa shape index (κ2) is 6.48. The largest absolute Gasteiger partial charge is 0.349 e. The number of rotatable bonds is 4. The number of thiazole rings is 1. The minimum atomic E-state index is 0.0551. The number of imidazole rings is 1. The van der Waals surface area contributed by atoms with E-state index in [1.165, 1.54) is 37.0 Å². The Morgan fingerprint density at radius 2 is 2.07 bits per heavy atom. The molecule has 0 spiro atoms. The first-order valence-corrected chi connectivity index (χ1v) is 10.8. The first-order valence-electron chi connectivity index (χ1n) is 9.95. The lowest BCUT2D eigenvalue weighted by Crippen LogP contribution is -2.40. The van der Waals surface area contributed by atoms with E-state index in [-0.39, 0.29) is 11.9 Å². The normalized spacial score (nSPS) is 25.2. The number of nitrogens with zero attached hydrogens (tertiary/aromatic N) is 2. The molecule has 5 heteroatoms. The predicted octanol–water partition coefficient (Wildman–Crippen LogP) is 4.93. The van der Waals surface area contributed by atoms with Gasteiger partial charge >= 0.3 is 0 Å². The topological polar surface area (TPSA) is 46.4 Å². The van der Waals surface area contributed by atoms with Gasteiger partial charge in [-0.3, -0.25) is 9.20 Å². The second-order valence-electron chi connectivity index (χ2n) is 8.26. The van der Waals surface area contributed by atoms with Crippen LogP contribution in [0.3, 0.4) is 0 Å². The van der Waals surface area contributed by atoms with E-state index in [0.29, 0.717) is 5.92 Å². The Labute approximate surface area is 163 Å². The molecule has 4 nitrogen and oxygen atoms in total. The van der Waals surface area contributed by atoms with Crippen LogP contribution >= 0.6 is 11.3 Å². The predicted molar refractivity (Wildman–Crippen MR) is 109 cm³/mol. The van der Waals surface area contributed by atoms with Crippen LogP contribution in [0.1, 0.15) is 48.0 Å². The summed E-state index contributed by atoms with van der Waals surface area (Å²) in [5.74, 6) is 2.43. The smallest absolute Gasteiger partial charge is 0.263 e. The molecule has 2 bridgehead atoms. The zero-order valence-corrected chi connectivity index (χ0v) is 16.6. The van der Waals surface area contributed by atoms with Gasteiger partial charge in [0.05, 0.1) is 5.69 Å². The Morgan fingerprint density at radius 3 is 2.74 bits per heavy atom. The Balaban J connectivity index is 1.36. The zero-order valence-electron chi connectivity index (χ0n) is 15.8. The molecule has 3 aromatic rings. The summed E-state index contributed by atoms with van der Waals surface area (Å²) in [5.41, 5.74) is 3.03. The van der Waals surface area contributed by atoms with Crippen molar-refractivity contribution >= 4 is 22.2 Å². The molecule has 0 radical (unpaired) electrons. The van der Waals surface area contributed by atoms with Gasteiger partial charge in [0.25, 0.3) is 5.91 Å². The van der Waals surface area contributed by atoms with Crippen LogP contribution in [0.15, 0.2) is 36.5 Å². The lowest BCUT2D eigenvalue weighted by Gasteiger charge is -2.28. The van der Waals surface area contributed by atoms with E-state index < -0.39 is 0 Å². The van der Waals surface area contributed by atoms with E-state index >= 15 is 0 Å². The second-order valence-corrected chi connectivity index (χ2v) is 9.24. The molecule has 1 amide bonds. The molecule has 27 heavy (non-hydrogen) atoms. The lowest BCUT2D eigenvalue weighted by molar-refractivity contribution is 0.0918. The number of nitrogens with one attached hydrogen (secondary N) is 1. The van der Waals surface area contributed by atoms with Gasteiger partial charge in [0.1, 0.15) is 4.88 Å². The standard InChI is InChI=1S/C22H25N3OS/c1-13(18-11-15-8-9-17(18)10-15)23-21(26)20-14(2)25-12-19(24-22(25)27-20)16-6-4-3-5-7-16/h3-7,12-13,15,17-18H,8-11H2,1-2H3,(H,23,26). The third kappa shape index (κ3) is 2.89. The fourth-order valence-electron chi connectivity index (χ4n) is 5.19. The highest BCUT2D eigenvalue weighted by atomic mass is 32.1. The summed E-state index contributed by atoms with van der Waals surface area (Å²) in [5, 5.41) is 3.29. The molecule has 2 aliphatic rings. The Bertz CT molecular complexity index is 990. The number of benzene rings is 1. The van der Waals surface area contributed by atoms with Gasteiger partial charge in [0.2, 0.25) is 0 Å². The van der Waals surface area contributed by atoms with Crippen LogP contribution in [0.2, 0.25) is 0 Å². The van der Waals surface area contributed by atoms with Gasteiger partial charge in [-0.05, 0) is 50.9 Å². The molecule has 0 aliphatic heterocycles. The van der Waals surface area contributed by atoms with Crippen molar-refractivity contribution in [2.75, 3.05) is 0 Å². The average molecular weight is 380 g/mol. The molecular formula is C22H25N3OS. The highest BCUT2D eigenvalue weighted by molar-refractivity contribution is 7.19. The average Bonchev–Trinajstić information content (AvgIpc) is 3.44. The van der Waals surface area contributed by atoms with Gasteiger partial charge in [-0.15, -0.1) is 0 Å².